The van der Waals surface area contributed by atoms with Gasteiger partial charge in [0.05, 0.1) is 6.42 Å². The molecule has 0 saturated heterocycles. The van der Waals surface area contributed by atoms with Crippen LogP contribution in [0.5, 0.6) is 0 Å². The van der Waals surface area contributed by atoms with E-state index < -0.39 is 24.0 Å². The van der Waals surface area contributed by atoms with Gasteiger partial charge in [-0.05, 0) is 28.2 Å². The van der Waals surface area contributed by atoms with Crippen molar-refractivity contribution < 1.29 is 24.2 Å². The summed E-state index contributed by atoms with van der Waals surface area (Å²) < 4.78 is 5.31. The molecule has 7 nitrogen and oxygen atoms in total. The predicted molar refractivity (Wildman–Crippen MR) is 143 cm³/mol. The first kappa shape index (κ1) is 27.5. The van der Waals surface area contributed by atoms with Crippen LogP contribution in [0.4, 0.5) is 4.79 Å². The van der Waals surface area contributed by atoms with E-state index in [4.69, 9.17) is 4.74 Å². The second-order valence-corrected chi connectivity index (χ2v) is 9.34. The van der Waals surface area contributed by atoms with E-state index in [9.17, 15) is 19.5 Å². The van der Waals surface area contributed by atoms with Gasteiger partial charge in [-0.15, -0.1) is 0 Å². The maximum absolute atomic E-state index is 13.0. The molecule has 194 valence electrons. The number of carbonyl (C=O) groups excluding carboxylic acids is 2. The molecule has 3 aromatic rings. The summed E-state index contributed by atoms with van der Waals surface area (Å²) in [6.07, 6.45) is 0.163. The van der Waals surface area contributed by atoms with E-state index in [-0.39, 0.29) is 31.9 Å². The van der Waals surface area contributed by atoms with Crippen LogP contribution in [0.15, 0.2) is 84.9 Å². The van der Waals surface area contributed by atoms with Crippen molar-refractivity contribution >= 4 is 18.0 Å². The van der Waals surface area contributed by atoms with Gasteiger partial charge in [0, 0.05) is 19.5 Å². The van der Waals surface area contributed by atoms with Crippen LogP contribution in [-0.4, -0.2) is 47.1 Å². The van der Waals surface area contributed by atoms with Crippen molar-refractivity contribution in [2.24, 2.45) is 5.92 Å². The lowest BCUT2D eigenvalue weighted by molar-refractivity contribution is -0.145. The maximum Gasteiger partial charge on any atom is 0.326 e. The van der Waals surface area contributed by atoms with Gasteiger partial charge < -0.3 is 20.1 Å². The third-order valence-electron chi connectivity index (χ3n) is 5.80. The second-order valence-electron chi connectivity index (χ2n) is 9.34. The van der Waals surface area contributed by atoms with Crippen LogP contribution in [0.1, 0.15) is 31.4 Å². The van der Waals surface area contributed by atoms with Crippen LogP contribution in [0, 0.1) is 5.92 Å². The number of ether oxygens (including phenoxy) is 1. The fourth-order valence-electron chi connectivity index (χ4n) is 3.89. The number of carboxylic acids is 1. The summed E-state index contributed by atoms with van der Waals surface area (Å²) in [6.45, 7) is 4.60. The van der Waals surface area contributed by atoms with E-state index in [0.717, 1.165) is 22.3 Å². The molecule has 3 rings (SSSR count). The van der Waals surface area contributed by atoms with E-state index in [1.165, 1.54) is 4.90 Å². The van der Waals surface area contributed by atoms with Crippen LogP contribution in [0.2, 0.25) is 0 Å². The van der Waals surface area contributed by atoms with Crippen molar-refractivity contribution in [3.05, 3.63) is 96.1 Å². The lowest BCUT2D eigenvalue weighted by Crippen LogP contribution is -2.50. The normalized spacial score (nSPS) is 11.5. The summed E-state index contributed by atoms with van der Waals surface area (Å²) >= 11 is 0. The molecule has 0 spiro atoms. The number of esters is 1. The van der Waals surface area contributed by atoms with Crippen molar-refractivity contribution in [2.75, 3.05) is 13.1 Å². The number of hydrogen-bond donors (Lipinski definition) is 2. The Hall–Kier alpha value is -4.13. The lowest BCUT2D eigenvalue weighted by atomic mass is 10.0. The summed E-state index contributed by atoms with van der Waals surface area (Å²) in [4.78, 5) is 38.7. The van der Waals surface area contributed by atoms with E-state index in [1.54, 1.807) is 0 Å². The molecule has 0 aromatic heterocycles. The summed E-state index contributed by atoms with van der Waals surface area (Å²) in [7, 11) is 0. The predicted octanol–water partition coefficient (Wildman–Crippen LogP) is 5.15. The number of hydrogen-bond acceptors (Lipinski definition) is 4. The van der Waals surface area contributed by atoms with Gasteiger partial charge in [0.2, 0.25) is 0 Å². The molecule has 0 bridgehead atoms. The first-order chi connectivity index (χ1) is 17.8. The Balaban J connectivity index is 1.57. The summed E-state index contributed by atoms with van der Waals surface area (Å²) in [6, 6.07) is 25.3. The van der Waals surface area contributed by atoms with Crippen molar-refractivity contribution in [2.45, 2.75) is 39.3 Å². The molecule has 2 N–H and O–H groups in total. The Kier molecular flexibility index (Phi) is 10.3. The van der Waals surface area contributed by atoms with Gasteiger partial charge in [-0.1, -0.05) is 98.8 Å². The number of carbonyl (C=O) groups is 3. The third kappa shape index (κ3) is 9.11. The minimum atomic E-state index is -1.12. The van der Waals surface area contributed by atoms with Gasteiger partial charge in [0.15, 0.2) is 0 Å². The number of aliphatic carboxylic acids is 1. The van der Waals surface area contributed by atoms with Crippen LogP contribution in [0.3, 0.4) is 0 Å². The van der Waals surface area contributed by atoms with E-state index in [0.29, 0.717) is 6.54 Å². The molecule has 37 heavy (non-hydrogen) atoms. The minimum Gasteiger partial charge on any atom is -0.480 e. The van der Waals surface area contributed by atoms with Gasteiger partial charge in [-0.3, -0.25) is 4.79 Å². The Bertz CT molecular complexity index is 1150. The molecule has 0 saturated carbocycles. The standard InChI is InChI=1S/C30H34N2O5/c1-22(2)20-32(18-17-28(33)37-21-24-9-5-3-6-10-24)30(36)31-27(29(34)35)19-23-13-15-26(16-14-23)25-11-7-4-8-12-25/h3-16,22,27H,17-21H2,1-2H3,(H,31,36)(H,34,35)/t27-/m0/s1. The Labute approximate surface area is 218 Å². The fourth-order valence-corrected chi connectivity index (χ4v) is 3.89. The van der Waals surface area contributed by atoms with Crippen LogP contribution < -0.4 is 5.32 Å². The molecule has 1 atom stereocenters. The molecule has 0 fully saturated rings. The molecular formula is C30H34N2O5. The topological polar surface area (TPSA) is 95.9 Å². The highest BCUT2D eigenvalue weighted by molar-refractivity contribution is 5.83. The number of urea groups is 1. The molecule has 2 amide bonds. The zero-order valence-electron chi connectivity index (χ0n) is 21.3. The average molecular weight is 503 g/mol. The summed E-state index contributed by atoms with van der Waals surface area (Å²) in [5, 5.41) is 12.4. The molecule has 0 aliphatic rings. The first-order valence-electron chi connectivity index (χ1n) is 12.4. The van der Waals surface area contributed by atoms with Crippen LogP contribution >= 0.6 is 0 Å². The first-order valence-corrected chi connectivity index (χ1v) is 12.4. The molecule has 0 aliphatic carbocycles. The smallest absolute Gasteiger partial charge is 0.326 e. The summed E-state index contributed by atoms with van der Waals surface area (Å²) in [5.41, 5.74) is 3.78. The second kappa shape index (κ2) is 13.8. The molecular weight excluding hydrogens is 468 g/mol. The molecule has 3 aromatic carbocycles. The van der Waals surface area contributed by atoms with Crippen molar-refractivity contribution in [1.29, 1.82) is 0 Å². The largest absolute Gasteiger partial charge is 0.480 e. The van der Waals surface area contributed by atoms with Gasteiger partial charge in [-0.25, -0.2) is 9.59 Å². The number of amides is 2. The number of nitrogens with zero attached hydrogens (tertiary/aromatic N) is 1. The fraction of sp³-hybridized carbons (Fsp3) is 0.300. The maximum atomic E-state index is 13.0. The molecule has 0 radical (unpaired) electrons. The SMILES string of the molecule is CC(C)CN(CCC(=O)OCc1ccccc1)C(=O)N[C@@H](Cc1ccc(-c2ccccc2)cc1)C(=O)O. The molecule has 0 aliphatic heterocycles. The molecule has 7 heteroatoms. The van der Waals surface area contributed by atoms with Crippen LogP contribution in [0.25, 0.3) is 11.1 Å². The number of benzene rings is 3. The number of nitrogens with one attached hydrogen (secondary N) is 1. The Morgan fingerprint density at radius 1 is 0.838 bits per heavy atom. The zero-order valence-corrected chi connectivity index (χ0v) is 21.3. The van der Waals surface area contributed by atoms with E-state index >= 15 is 0 Å². The number of rotatable bonds is 12. The highest BCUT2D eigenvalue weighted by atomic mass is 16.5. The Morgan fingerprint density at radius 2 is 1.43 bits per heavy atom. The third-order valence-corrected chi connectivity index (χ3v) is 5.80. The summed E-state index contributed by atoms with van der Waals surface area (Å²) in [5.74, 6) is -1.40. The minimum absolute atomic E-state index is 0.0195. The van der Waals surface area contributed by atoms with Crippen molar-refractivity contribution in [3.63, 3.8) is 0 Å². The molecule has 0 heterocycles. The number of carboxylic acid groups (broad SMARTS) is 1. The van der Waals surface area contributed by atoms with Gasteiger partial charge in [0.1, 0.15) is 12.6 Å². The Morgan fingerprint density at radius 3 is 2.03 bits per heavy atom. The molecule has 0 unspecified atom stereocenters. The van der Waals surface area contributed by atoms with Crippen LogP contribution in [-0.2, 0) is 27.4 Å². The van der Waals surface area contributed by atoms with E-state index in [1.807, 2.05) is 98.8 Å². The quantitative estimate of drug-likeness (QED) is 0.334. The van der Waals surface area contributed by atoms with Crippen molar-refractivity contribution in [3.8, 4) is 11.1 Å². The average Bonchev–Trinajstić information content (AvgIpc) is 2.90. The van der Waals surface area contributed by atoms with Gasteiger partial charge in [-0.2, -0.15) is 0 Å². The lowest BCUT2D eigenvalue weighted by Gasteiger charge is -2.26. The van der Waals surface area contributed by atoms with Gasteiger partial charge >= 0.3 is 18.0 Å². The van der Waals surface area contributed by atoms with Crippen molar-refractivity contribution in [1.82, 2.24) is 10.2 Å². The zero-order chi connectivity index (χ0) is 26.6. The highest BCUT2D eigenvalue weighted by Crippen LogP contribution is 2.20. The van der Waals surface area contributed by atoms with Gasteiger partial charge in [0.25, 0.3) is 0 Å². The van der Waals surface area contributed by atoms with E-state index in [2.05, 4.69) is 5.32 Å². The monoisotopic (exact) mass is 502 g/mol. The highest BCUT2D eigenvalue weighted by Gasteiger charge is 2.24.